The average Bonchev–Trinajstić information content (AvgIpc) is 3.27. The van der Waals surface area contributed by atoms with Gasteiger partial charge >= 0.3 is 0 Å². The van der Waals surface area contributed by atoms with Crippen LogP contribution in [0.15, 0.2) is 63.9 Å². The molecule has 0 aliphatic carbocycles. The van der Waals surface area contributed by atoms with E-state index in [2.05, 4.69) is 15.1 Å². The van der Waals surface area contributed by atoms with Crippen molar-refractivity contribution in [3.05, 3.63) is 99.1 Å². The number of aromatic amines is 1. The van der Waals surface area contributed by atoms with Gasteiger partial charge in [0.25, 0.3) is 11.5 Å². The van der Waals surface area contributed by atoms with E-state index in [1.54, 1.807) is 24.1 Å². The van der Waals surface area contributed by atoms with Gasteiger partial charge in [-0.3, -0.25) is 9.59 Å². The maximum Gasteiger partial charge on any atom is 0.273 e. The van der Waals surface area contributed by atoms with Gasteiger partial charge in [0.2, 0.25) is 0 Å². The van der Waals surface area contributed by atoms with E-state index in [4.69, 9.17) is 9.26 Å². The fourth-order valence-corrected chi connectivity index (χ4v) is 4.03. The molecule has 8 nitrogen and oxygen atoms in total. The molecule has 34 heavy (non-hydrogen) atoms. The topological polar surface area (TPSA) is 101 Å². The van der Waals surface area contributed by atoms with Gasteiger partial charge in [-0.15, -0.1) is 0 Å². The zero-order valence-electron chi connectivity index (χ0n) is 18.4. The Bertz CT molecular complexity index is 1390. The van der Waals surface area contributed by atoms with E-state index in [0.29, 0.717) is 36.7 Å². The molecule has 0 radical (unpaired) electrons. The minimum atomic E-state index is -0.389. The number of hydrogen-bond acceptors (Lipinski definition) is 6. The number of carbonyl (C=O) groups is 1. The summed E-state index contributed by atoms with van der Waals surface area (Å²) in [4.78, 5) is 34.1. The van der Waals surface area contributed by atoms with E-state index >= 15 is 0 Å². The van der Waals surface area contributed by atoms with Crippen molar-refractivity contribution in [3.8, 4) is 17.1 Å². The highest BCUT2D eigenvalue weighted by atomic mass is 19.1. The maximum absolute atomic E-state index is 13.3. The first-order chi connectivity index (χ1) is 16.5. The summed E-state index contributed by atoms with van der Waals surface area (Å²) in [6.45, 7) is 0.657. The van der Waals surface area contributed by atoms with Crippen molar-refractivity contribution in [2.75, 3.05) is 13.7 Å². The second-order valence-corrected chi connectivity index (χ2v) is 8.02. The number of methoxy groups -OCH3 is 1. The van der Waals surface area contributed by atoms with Crippen LogP contribution >= 0.6 is 0 Å². The monoisotopic (exact) mass is 460 g/mol. The van der Waals surface area contributed by atoms with Gasteiger partial charge < -0.3 is 19.1 Å². The molecule has 2 aromatic heterocycles. The van der Waals surface area contributed by atoms with Crippen LogP contribution in [0.25, 0.3) is 11.3 Å². The first kappa shape index (κ1) is 21.6. The Morgan fingerprint density at radius 3 is 2.68 bits per heavy atom. The van der Waals surface area contributed by atoms with Crippen molar-refractivity contribution in [3.63, 3.8) is 0 Å². The van der Waals surface area contributed by atoms with Gasteiger partial charge in [0.05, 0.1) is 13.7 Å². The largest absolute Gasteiger partial charge is 0.497 e. The number of aromatic nitrogens is 3. The van der Waals surface area contributed by atoms with Crippen molar-refractivity contribution in [1.82, 2.24) is 20.0 Å². The number of benzene rings is 2. The van der Waals surface area contributed by atoms with Gasteiger partial charge in [0.1, 0.15) is 28.8 Å². The molecule has 0 saturated carbocycles. The predicted molar refractivity (Wildman–Crippen MR) is 121 cm³/mol. The second kappa shape index (κ2) is 8.93. The summed E-state index contributed by atoms with van der Waals surface area (Å²) in [5.41, 5.74) is 2.89. The summed E-state index contributed by atoms with van der Waals surface area (Å²) in [6.07, 6.45) is 0.897. The molecule has 0 unspecified atom stereocenters. The van der Waals surface area contributed by atoms with Gasteiger partial charge in [-0.25, -0.2) is 9.37 Å². The molecule has 1 N–H and O–H groups in total. The highest BCUT2D eigenvalue weighted by Gasteiger charge is 2.28. The number of ether oxygens (including phenoxy) is 1. The van der Waals surface area contributed by atoms with Gasteiger partial charge in [0, 0.05) is 30.2 Å². The molecule has 4 aromatic rings. The van der Waals surface area contributed by atoms with E-state index in [-0.39, 0.29) is 29.5 Å². The Labute approximate surface area is 194 Å². The Morgan fingerprint density at radius 1 is 1.18 bits per heavy atom. The number of carbonyl (C=O) groups excluding carboxylic acids is 1. The Hall–Kier alpha value is -4.27. The standard InChI is InChI=1S/C25H21FN4O4/c1-33-18-8-2-15(3-9-18)12-22-27-20(13-23(31)28-22)25(32)30-11-10-19-21(14-30)29-34-24(19)16-4-6-17(26)7-5-16/h2-9,13H,10-12,14H2,1H3,(H,27,28,31). The molecule has 0 saturated heterocycles. The van der Waals surface area contributed by atoms with Crippen molar-refractivity contribution < 1.29 is 18.4 Å². The fraction of sp³-hybridized carbons (Fsp3) is 0.200. The van der Waals surface area contributed by atoms with Gasteiger partial charge in [-0.05, 0) is 48.4 Å². The fourth-order valence-electron chi connectivity index (χ4n) is 4.03. The lowest BCUT2D eigenvalue weighted by atomic mass is 10.0. The van der Waals surface area contributed by atoms with Crippen LogP contribution in [0.3, 0.4) is 0 Å². The number of amides is 1. The second-order valence-electron chi connectivity index (χ2n) is 8.02. The normalized spacial score (nSPS) is 12.9. The molecular weight excluding hydrogens is 439 g/mol. The number of hydrogen-bond donors (Lipinski definition) is 1. The maximum atomic E-state index is 13.3. The predicted octanol–water partition coefficient (Wildman–Crippen LogP) is 3.36. The van der Waals surface area contributed by atoms with Crippen molar-refractivity contribution >= 4 is 5.91 Å². The Kier molecular flexibility index (Phi) is 5.67. The summed E-state index contributed by atoms with van der Waals surface area (Å²) in [6, 6.07) is 14.6. The SMILES string of the molecule is COc1ccc(Cc2nc(C(=O)N3CCc4c(noc4-c4ccc(F)cc4)C3)cc(=O)[nH]2)cc1. The van der Waals surface area contributed by atoms with E-state index in [1.807, 2.05) is 24.3 Å². The molecule has 1 amide bonds. The summed E-state index contributed by atoms with van der Waals surface area (Å²) in [5, 5.41) is 4.13. The summed E-state index contributed by atoms with van der Waals surface area (Å²) in [5.74, 6) is 1.04. The molecule has 172 valence electrons. The van der Waals surface area contributed by atoms with Gasteiger partial charge in [-0.1, -0.05) is 17.3 Å². The average molecular weight is 460 g/mol. The molecule has 3 heterocycles. The van der Waals surface area contributed by atoms with Crippen LogP contribution in [0.1, 0.15) is 33.1 Å². The summed E-state index contributed by atoms with van der Waals surface area (Å²) in [7, 11) is 1.59. The van der Waals surface area contributed by atoms with Crippen LogP contribution in [0, 0.1) is 5.82 Å². The van der Waals surface area contributed by atoms with Crippen LogP contribution in [-0.4, -0.2) is 39.6 Å². The van der Waals surface area contributed by atoms with E-state index in [9.17, 15) is 14.0 Å². The molecule has 0 fully saturated rings. The molecule has 1 aliphatic rings. The van der Waals surface area contributed by atoms with Crippen LogP contribution in [0.4, 0.5) is 4.39 Å². The van der Waals surface area contributed by atoms with Crippen LogP contribution < -0.4 is 10.3 Å². The number of rotatable bonds is 5. The first-order valence-corrected chi connectivity index (χ1v) is 10.8. The molecule has 0 bridgehead atoms. The Balaban J connectivity index is 1.34. The Morgan fingerprint density at radius 2 is 1.94 bits per heavy atom. The number of H-pyrrole nitrogens is 1. The van der Waals surface area contributed by atoms with Crippen LogP contribution in [0.5, 0.6) is 5.75 Å². The van der Waals surface area contributed by atoms with Crippen LogP contribution in [-0.2, 0) is 19.4 Å². The molecule has 9 heteroatoms. The number of fused-ring (bicyclic) bond motifs is 1. The van der Waals surface area contributed by atoms with Crippen molar-refractivity contribution in [1.29, 1.82) is 0 Å². The summed E-state index contributed by atoms with van der Waals surface area (Å²) >= 11 is 0. The minimum Gasteiger partial charge on any atom is -0.497 e. The van der Waals surface area contributed by atoms with E-state index < -0.39 is 0 Å². The van der Waals surface area contributed by atoms with Crippen molar-refractivity contribution in [2.24, 2.45) is 0 Å². The van der Waals surface area contributed by atoms with Crippen molar-refractivity contribution in [2.45, 2.75) is 19.4 Å². The minimum absolute atomic E-state index is 0.0814. The molecule has 5 rings (SSSR count). The molecular formula is C25H21FN4O4. The molecule has 0 atom stereocenters. The third-order valence-corrected chi connectivity index (χ3v) is 5.78. The molecule has 1 aliphatic heterocycles. The van der Waals surface area contributed by atoms with E-state index in [0.717, 1.165) is 22.4 Å². The first-order valence-electron chi connectivity index (χ1n) is 10.8. The lowest BCUT2D eigenvalue weighted by Crippen LogP contribution is -2.37. The zero-order chi connectivity index (χ0) is 23.7. The number of halogens is 1. The third-order valence-electron chi connectivity index (χ3n) is 5.78. The highest BCUT2D eigenvalue weighted by Crippen LogP contribution is 2.30. The smallest absolute Gasteiger partial charge is 0.273 e. The summed E-state index contributed by atoms with van der Waals surface area (Å²) < 4.78 is 23.9. The number of nitrogens with one attached hydrogen (secondary N) is 1. The van der Waals surface area contributed by atoms with Gasteiger partial charge in [0.15, 0.2) is 5.76 Å². The molecule has 0 spiro atoms. The van der Waals surface area contributed by atoms with Gasteiger partial charge in [-0.2, -0.15) is 0 Å². The lowest BCUT2D eigenvalue weighted by molar-refractivity contribution is 0.0725. The van der Waals surface area contributed by atoms with Crippen LogP contribution in [0.2, 0.25) is 0 Å². The molecule has 2 aromatic carbocycles. The third kappa shape index (κ3) is 4.32. The number of nitrogens with zero attached hydrogens (tertiary/aromatic N) is 3. The quantitative estimate of drug-likeness (QED) is 0.490. The highest BCUT2D eigenvalue weighted by molar-refractivity contribution is 5.92. The lowest BCUT2D eigenvalue weighted by Gasteiger charge is -2.25. The zero-order valence-corrected chi connectivity index (χ0v) is 18.4. The van der Waals surface area contributed by atoms with E-state index in [1.165, 1.54) is 18.2 Å².